The molecule has 3 nitrogen and oxygen atoms in total. The van der Waals surface area contributed by atoms with Crippen LogP contribution in [0.4, 0.5) is 0 Å². The van der Waals surface area contributed by atoms with Gasteiger partial charge in [0.1, 0.15) is 0 Å². The smallest absolute Gasteiger partial charge is 0.305 e. The summed E-state index contributed by atoms with van der Waals surface area (Å²) in [6.07, 6.45) is 0.873. The molecule has 0 aliphatic carbocycles. The normalized spacial score (nSPS) is 12.1. The molecule has 0 heterocycles. The van der Waals surface area contributed by atoms with E-state index in [-0.39, 0.29) is 6.42 Å². The van der Waals surface area contributed by atoms with Crippen molar-refractivity contribution in [2.24, 2.45) is 5.73 Å². The van der Waals surface area contributed by atoms with Gasteiger partial charge in [0.2, 0.25) is 0 Å². The molecule has 0 aromatic heterocycles. The first-order chi connectivity index (χ1) is 9.61. The molecule has 104 valence electrons. The summed E-state index contributed by atoms with van der Waals surface area (Å²) in [6.45, 7) is 2.11. The second kappa shape index (κ2) is 6.35. The third-order valence-electron chi connectivity index (χ3n) is 3.42. The zero-order valence-corrected chi connectivity index (χ0v) is 11.5. The summed E-state index contributed by atoms with van der Waals surface area (Å²) < 4.78 is 0. The number of nitrogens with two attached hydrogens (primary N) is 1. The van der Waals surface area contributed by atoms with E-state index in [4.69, 9.17) is 10.8 Å². The van der Waals surface area contributed by atoms with E-state index in [0.717, 1.165) is 23.1 Å². The number of aryl methyl sites for hydroxylation is 1. The lowest BCUT2D eigenvalue weighted by Crippen LogP contribution is -2.15. The molecule has 1 atom stereocenters. The first kappa shape index (κ1) is 14.3. The first-order valence-corrected chi connectivity index (χ1v) is 6.77. The van der Waals surface area contributed by atoms with Crippen LogP contribution in [0.2, 0.25) is 0 Å². The van der Waals surface area contributed by atoms with Crippen LogP contribution < -0.4 is 5.73 Å². The monoisotopic (exact) mass is 269 g/mol. The van der Waals surface area contributed by atoms with E-state index >= 15 is 0 Å². The average Bonchev–Trinajstić information content (AvgIpc) is 2.46. The average molecular weight is 269 g/mol. The number of hydrogen-bond donors (Lipinski definition) is 2. The Balaban J connectivity index is 2.42. The molecule has 2 aromatic carbocycles. The third kappa shape index (κ3) is 3.25. The van der Waals surface area contributed by atoms with Gasteiger partial charge in [-0.15, -0.1) is 0 Å². The van der Waals surface area contributed by atoms with E-state index < -0.39 is 12.0 Å². The van der Waals surface area contributed by atoms with Crippen LogP contribution in [0, 0.1) is 0 Å². The zero-order chi connectivity index (χ0) is 14.5. The van der Waals surface area contributed by atoms with Crippen molar-refractivity contribution in [3.63, 3.8) is 0 Å². The van der Waals surface area contributed by atoms with Gasteiger partial charge in [-0.25, -0.2) is 0 Å². The molecular formula is C17H19NO2. The minimum Gasteiger partial charge on any atom is -0.481 e. The molecule has 1 unspecified atom stereocenters. The van der Waals surface area contributed by atoms with Gasteiger partial charge in [-0.05, 0) is 34.7 Å². The number of carboxylic acid groups (broad SMARTS) is 1. The lowest BCUT2D eigenvalue weighted by molar-refractivity contribution is -0.137. The summed E-state index contributed by atoms with van der Waals surface area (Å²) in [5.41, 5.74) is 10.3. The van der Waals surface area contributed by atoms with Gasteiger partial charge >= 0.3 is 5.97 Å². The molecule has 0 aliphatic heterocycles. The van der Waals surface area contributed by atoms with Crippen LogP contribution in [0.25, 0.3) is 11.1 Å². The highest BCUT2D eigenvalue weighted by atomic mass is 16.4. The topological polar surface area (TPSA) is 63.3 Å². The lowest BCUT2D eigenvalue weighted by Gasteiger charge is -2.14. The first-order valence-electron chi connectivity index (χ1n) is 6.77. The van der Waals surface area contributed by atoms with Crippen LogP contribution in [-0.4, -0.2) is 11.1 Å². The van der Waals surface area contributed by atoms with Crippen LogP contribution in [0.1, 0.15) is 30.5 Å². The fourth-order valence-corrected chi connectivity index (χ4v) is 2.33. The van der Waals surface area contributed by atoms with Crippen molar-refractivity contribution < 1.29 is 9.90 Å². The quantitative estimate of drug-likeness (QED) is 0.874. The Morgan fingerprint density at radius 2 is 1.90 bits per heavy atom. The largest absolute Gasteiger partial charge is 0.481 e. The second-order valence-corrected chi connectivity index (χ2v) is 4.84. The highest BCUT2D eigenvalue weighted by molar-refractivity contribution is 5.70. The Labute approximate surface area is 119 Å². The van der Waals surface area contributed by atoms with Crippen molar-refractivity contribution in [1.29, 1.82) is 0 Å². The molecular weight excluding hydrogens is 250 g/mol. The molecule has 2 aromatic rings. The molecule has 3 heteroatoms. The molecule has 0 amide bonds. The third-order valence-corrected chi connectivity index (χ3v) is 3.42. The molecule has 0 radical (unpaired) electrons. The van der Waals surface area contributed by atoms with Gasteiger partial charge in [0.15, 0.2) is 0 Å². The molecule has 0 saturated carbocycles. The van der Waals surface area contributed by atoms with Gasteiger partial charge in [-0.3, -0.25) is 4.79 Å². The van der Waals surface area contributed by atoms with E-state index in [0.29, 0.717) is 0 Å². The van der Waals surface area contributed by atoms with Crippen molar-refractivity contribution in [2.45, 2.75) is 25.8 Å². The number of hydrogen-bond acceptors (Lipinski definition) is 2. The van der Waals surface area contributed by atoms with Gasteiger partial charge in [0, 0.05) is 6.04 Å². The van der Waals surface area contributed by atoms with Gasteiger partial charge in [0.25, 0.3) is 0 Å². The highest BCUT2D eigenvalue weighted by Crippen LogP contribution is 2.28. The molecule has 0 saturated heterocycles. The van der Waals surface area contributed by atoms with E-state index in [2.05, 4.69) is 19.1 Å². The minimum absolute atomic E-state index is 0.0559. The van der Waals surface area contributed by atoms with Crippen LogP contribution in [0.15, 0.2) is 48.5 Å². The van der Waals surface area contributed by atoms with Crippen molar-refractivity contribution in [2.75, 3.05) is 0 Å². The van der Waals surface area contributed by atoms with Crippen LogP contribution >= 0.6 is 0 Å². The predicted molar refractivity (Wildman–Crippen MR) is 80.4 cm³/mol. The van der Waals surface area contributed by atoms with E-state index in [9.17, 15) is 4.79 Å². The summed E-state index contributed by atoms with van der Waals surface area (Å²) in [6, 6.07) is 15.6. The molecule has 0 aliphatic rings. The van der Waals surface area contributed by atoms with Gasteiger partial charge in [0.05, 0.1) is 6.42 Å². The summed E-state index contributed by atoms with van der Waals surface area (Å²) in [4.78, 5) is 10.8. The minimum atomic E-state index is -0.877. The van der Waals surface area contributed by atoms with E-state index in [1.165, 1.54) is 5.56 Å². The molecule has 0 bridgehead atoms. The molecule has 0 spiro atoms. The summed E-state index contributed by atoms with van der Waals surface area (Å²) >= 11 is 0. The molecule has 2 rings (SSSR count). The van der Waals surface area contributed by atoms with Crippen molar-refractivity contribution in [1.82, 2.24) is 0 Å². The van der Waals surface area contributed by atoms with Crippen molar-refractivity contribution in [3.8, 4) is 11.1 Å². The maximum Gasteiger partial charge on any atom is 0.305 e. The van der Waals surface area contributed by atoms with Gasteiger partial charge in [-0.1, -0.05) is 49.4 Å². The Bertz CT molecular complexity index is 593. The Hall–Kier alpha value is -2.13. The number of carbonyl (C=O) groups is 1. The number of aliphatic carboxylic acids is 1. The van der Waals surface area contributed by atoms with Crippen LogP contribution in [-0.2, 0) is 11.2 Å². The van der Waals surface area contributed by atoms with Gasteiger partial charge < -0.3 is 10.8 Å². The fraction of sp³-hybridized carbons (Fsp3) is 0.235. The second-order valence-electron chi connectivity index (χ2n) is 4.84. The van der Waals surface area contributed by atoms with Crippen molar-refractivity contribution in [3.05, 3.63) is 59.7 Å². The number of benzene rings is 2. The Morgan fingerprint density at radius 1 is 1.20 bits per heavy atom. The Kier molecular flexibility index (Phi) is 4.53. The van der Waals surface area contributed by atoms with Gasteiger partial charge in [-0.2, -0.15) is 0 Å². The van der Waals surface area contributed by atoms with Crippen molar-refractivity contribution >= 4 is 5.97 Å². The summed E-state index contributed by atoms with van der Waals surface area (Å²) in [5.74, 6) is -0.877. The lowest BCUT2D eigenvalue weighted by atomic mass is 9.93. The standard InChI is InChI=1S/C17H19NO2/c1-2-12-8-9-14(16(18)11-17(19)20)10-15(12)13-6-4-3-5-7-13/h3-10,16H,2,11,18H2,1H3,(H,19,20). The maximum atomic E-state index is 10.8. The maximum absolute atomic E-state index is 10.8. The van der Waals surface area contributed by atoms with Crippen LogP contribution in [0.5, 0.6) is 0 Å². The highest BCUT2D eigenvalue weighted by Gasteiger charge is 2.13. The number of carboxylic acids is 1. The fourth-order valence-electron chi connectivity index (χ4n) is 2.33. The molecule has 3 N–H and O–H groups in total. The zero-order valence-electron chi connectivity index (χ0n) is 11.5. The summed E-state index contributed by atoms with van der Waals surface area (Å²) in [5, 5.41) is 8.85. The van der Waals surface area contributed by atoms with E-state index in [1.807, 2.05) is 36.4 Å². The molecule has 20 heavy (non-hydrogen) atoms. The molecule has 0 fully saturated rings. The summed E-state index contributed by atoms with van der Waals surface area (Å²) in [7, 11) is 0. The number of rotatable bonds is 5. The van der Waals surface area contributed by atoms with Crippen LogP contribution in [0.3, 0.4) is 0 Å². The Morgan fingerprint density at radius 3 is 2.50 bits per heavy atom. The predicted octanol–water partition coefficient (Wildman–Crippen LogP) is 3.39. The van der Waals surface area contributed by atoms with E-state index in [1.54, 1.807) is 0 Å². The SMILES string of the molecule is CCc1ccc(C(N)CC(=O)O)cc1-c1ccccc1.